The van der Waals surface area contributed by atoms with Gasteiger partial charge in [-0.1, -0.05) is 47.5 Å². The lowest BCUT2D eigenvalue weighted by molar-refractivity contribution is -0.123. The molecule has 2 heterocycles. The lowest BCUT2D eigenvalue weighted by Gasteiger charge is -2.25. The number of methoxy groups -OCH3 is 1. The van der Waals surface area contributed by atoms with E-state index in [1.54, 1.807) is 31.4 Å². The molecule has 7 heteroatoms. The van der Waals surface area contributed by atoms with Gasteiger partial charge in [0, 0.05) is 5.56 Å². The molecule has 0 aromatic heterocycles. The van der Waals surface area contributed by atoms with Crippen molar-refractivity contribution in [2.24, 2.45) is 5.92 Å². The minimum absolute atomic E-state index is 0.335. The Morgan fingerprint density at radius 2 is 1.53 bits per heavy atom. The first-order valence-electron chi connectivity index (χ1n) is 11.1. The fourth-order valence-corrected chi connectivity index (χ4v) is 4.67. The Labute approximate surface area is 197 Å². The first-order chi connectivity index (χ1) is 16.4. The molecular weight excluding hydrogens is 430 g/mol. The van der Waals surface area contributed by atoms with Gasteiger partial charge in [0.05, 0.1) is 24.8 Å². The third-order valence-electron chi connectivity index (χ3n) is 6.50. The van der Waals surface area contributed by atoms with Crippen LogP contribution in [-0.4, -0.2) is 35.9 Å². The van der Waals surface area contributed by atoms with E-state index in [9.17, 15) is 14.4 Å². The second-order valence-corrected chi connectivity index (χ2v) is 8.74. The molecule has 1 N–H and O–H groups in total. The topological polar surface area (TPSA) is 79.0 Å². The van der Waals surface area contributed by atoms with Gasteiger partial charge >= 0.3 is 0 Å². The minimum Gasteiger partial charge on any atom is -0.497 e. The van der Waals surface area contributed by atoms with Crippen LogP contribution in [0.4, 0.5) is 5.69 Å². The molecule has 0 saturated carbocycles. The molecule has 3 amide bonds. The summed E-state index contributed by atoms with van der Waals surface area (Å²) in [6, 6.07) is 20.2. The smallest absolute Gasteiger partial charge is 0.268 e. The quantitative estimate of drug-likeness (QED) is 0.609. The fourth-order valence-electron chi connectivity index (χ4n) is 4.67. The zero-order chi connectivity index (χ0) is 24.0. The van der Waals surface area contributed by atoms with Crippen molar-refractivity contribution in [3.8, 4) is 5.75 Å². The Bertz CT molecular complexity index is 1270. The zero-order valence-electron chi connectivity index (χ0n) is 19.2. The molecule has 5 rings (SSSR count). The number of carbonyl (C=O) groups is 3. The van der Waals surface area contributed by atoms with Gasteiger partial charge in [-0.05, 0) is 55.8 Å². The second-order valence-electron chi connectivity index (χ2n) is 8.74. The van der Waals surface area contributed by atoms with Crippen molar-refractivity contribution < 1.29 is 19.1 Å². The van der Waals surface area contributed by atoms with E-state index in [-0.39, 0.29) is 11.8 Å². The van der Waals surface area contributed by atoms with E-state index in [2.05, 4.69) is 5.43 Å². The molecular formula is C27H25N3O4. The lowest BCUT2D eigenvalue weighted by Crippen LogP contribution is -2.48. The summed E-state index contributed by atoms with van der Waals surface area (Å²) in [5.41, 5.74) is 6.93. The molecule has 2 fully saturated rings. The van der Waals surface area contributed by atoms with Gasteiger partial charge in [0.2, 0.25) is 5.91 Å². The SMILES string of the molecule is COc1cccc([C@@H]2NN(C(=O)c3ccc(C)cc3)[C@H]3C(=O)N(c4ccc(C)cc4)C(=O)[C@@H]23)c1. The van der Waals surface area contributed by atoms with Crippen molar-refractivity contribution in [2.75, 3.05) is 12.0 Å². The van der Waals surface area contributed by atoms with Crippen LogP contribution in [0.25, 0.3) is 0 Å². The van der Waals surface area contributed by atoms with Gasteiger partial charge in [-0.15, -0.1) is 0 Å². The molecule has 2 aliphatic rings. The number of amides is 3. The number of rotatable bonds is 4. The van der Waals surface area contributed by atoms with Crippen molar-refractivity contribution in [2.45, 2.75) is 25.9 Å². The van der Waals surface area contributed by atoms with Crippen LogP contribution in [0.2, 0.25) is 0 Å². The van der Waals surface area contributed by atoms with Crippen molar-refractivity contribution in [1.29, 1.82) is 0 Å². The summed E-state index contributed by atoms with van der Waals surface area (Å²) < 4.78 is 5.36. The van der Waals surface area contributed by atoms with E-state index >= 15 is 0 Å². The van der Waals surface area contributed by atoms with Gasteiger partial charge in [0.25, 0.3) is 11.8 Å². The molecule has 7 nitrogen and oxygen atoms in total. The first kappa shape index (κ1) is 21.9. The Kier molecular flexibility index (Phi) is 5.42. The van der Waals surface area contributed by atoms with Crippen LogP contribution in [0.3, 0.4) is 0 Å². The van der Waals surface area contributed by atoms with E-state index in [4.69, 9.17) is 4.74 Å². The largest absolute Gasteiger partial charge is 0.497 e. The average molecular weight is 456 g/mol. The second kappa shape index (κ2) is 8.43. The molecule has 2 aliphatic heterocycles. The molecule has 0 radical (unpaired) electrons. The van der Waals surface area contributed by atoms with Crippen molar-refractivity contribution in [3.63, 3.8) is 0 Å². The molecule has 34 heavy (non-hydrogen) atoms. The van der Waals surface area contributed by atoms with Gasteiger partial charge in [0.15, 0.2) is 0 Å². The van der Waals surface area contributed by atoms with Gasteiger partial charge in [-0.2, -0.15) is 0 Å². The van der Waals surface area contributed by atoms with Crippen LogP contribution in [0.5, 0.6) is 5.75 Å². The highest BCUT2D eigenvalue weighted by atomic mass is 16.5. The van der Waals surface area contributed by atoms with Crippen LogP contribution in [0.1, 0.15) is 33.1 Å². The summed E-state index contributed by atoms with van der Waals surface area (Å²) in [6.45, 7) is 3.88. The predicted molar refractivity (Wildman–Crippen MR) is 127 cm³/mol. The van der Waals surface area contributed by atoms with Gasteiger partial charge < -0.3 is 4.74 Å². The molecule has 3 aromatic carbocycles. The van der Waals surface area contributed by atoms with Crippen LogP contribution < -0.4 is 15.1 Å². The Morgan fingerprint density at radius 1 is 0.882 bits per heavy atom. The summed E-state index contributed by atoms with van der Waals surface area (Å²) in [4.78, 5) is 42.0. The van der Waals surface area contributed by atoms with E-state index in [1.807, 2.05) is 62.4 Å². The summed E-state index contributed by atoms with van der Waals surface area (Å²) in [5, 5.41) is 1.33. The van der Waals surface area contributed by atoms with Crippen LogP contribution in [0, 0.1) is 19.8 Å². The molecule has 0 bridgehead atoms. The molecule has 0 aliphatic carbocycles. The van der Waals surface area contributed by atoms with Gasteiger partial charge in [0.1, 0.15) is 11.8 Å². The maximum Gasteiger partial charge on any atom is 0.268 e. The number of benzene rings is 3. The Morgan fingerprint density at radius 3 is 2.18 bits per heavy atom. The Balaban J connectivity index is 1.58. The van der Waals surface area contributed by atoms with Crippen molar-refractivity contribution >= 4 is 23.4 Å². The summed E-state index contributed by atoms with van der Waals surface area (Å²) >= 11 is 0. The Hall–Kier alpha value is -3.97. The highest BCUT2D eigenvalue weighted by molar-refractivity contribution is 6.25. The number of anilines is 1. The fraction of sp³-hybridized carbons (Fsp3) is 0.222. The third kappa shape index (κ3) is 3.54. The summed E-state index contributed by atoms with van der Waals surface area (Å²) in [7, 11) is 1.57. The summed E-state index contributed by atoms with van der Waals surface area (Å²) in [5.74, 6) is -1.25. The normalized spacial score (nSPS) is 21.7. The van der Waals surface area contributed by atoms with E-state index < -0.39 is 23.9 Å². The number of hydrogen-bond donors (Lipinski definition) is 1. The molecule has 3 aromatic rings. The lowest BCUT2D eigenvalue weighted by atomic mass is 9.90. The van der Waals surface area contributed by atoms with Crippen LogP contribution in [0.15, 0.2) is 72.8 Å². The number of aryl methyl sites for hydroxylation is 2. The van der Waals surface area contributed by atoms with E-state index in [1.165, 1.54) is 9.91 Å². The van der Waals surface area contributed by atoms with Gasteiger partial charge in [-0.25, -0.2) is 10.3 Å². The molecule has 172 valence electrons. The monoisotopic (exact) mass is 455 g/mol. The van der Waals surface area contributed by atoms with Gasteiger partial charge in [-0.3, -0.25) is 19.4 Å². The number of imide groups is 1. The number of fused-ring (bicyclic) bond motifs is 1. The van der Waals surface area contributed by atoms with Crippen LogP contribution >= 0.6 is 0 Å². The molecule has 0 spiro atoms. The number of hydrogen-bond acceptors (Lipinski definition) is 5. The highest BCUT2D eigenvalue weighted by Crippen LogP contribution is 2.42. The number of nitrogens with zero attached hydrogens (tertiary/aromatic N) is 2. The number of hydrazine groups is 1. The maximum absolute atomic E-state index is 13.7. The van der Waals surface area contributed by atoms with Crippen molar-refractivity contribution in [1.82, 2.24) is 10.4 Å². The predicted octanol–water partition coefficient (Wildman–Crippen LogP) is 3.57. The molecule has 3 atom stereocenters. The standard InChI is InChI=1S/C27H25N3O4/c1-16-7-11-18(12-8-16)25(31)30-24-22(23(28-30)19-5-4-6-21(15-19)34-3)26(32)29(27(24)33)20-13-9-17(2)10-14-20/h4-15,22-24,28H,1-3H3/t22-,23-,24+/m0/s1. The average Bonchev–Trinajstić information content (AvgIpc) is 3.36. The number of ether oxygens (including phenoxy) is 1. The summed E-state index contributed by atoms with van der Waals surface area (Å²) in [6.07, 6.45) is 0. The minimum atomic E-state index is -0.959. The van der Waals surface area contributed by atoms with Crippen LogP contribution in [-0.2, 0) is 9.59 Å². The van der Waals surface area contributed by atoms with E-state index in [0.717, 1.165) is 16.7 Å². The maximum atomic E-state index is 13.7. The number of carbonyl (C=O) groups excluding carboxylic acids is 3. The first-order valence-corrected chi connectivity index (χ1v) is 11.1. The molecule has 0 unspecified atom stereocenters. The number of nitrogens with one attached hydrogen (secondary N) is 1. The molecule has 2 saturated heterocycles. The third-order valence-corrected chi connectivity index (χ3v) is 6.50. The van der Waals surface area contributed by atoms with E-state index in [0.29, 0.717) is 17.0 Å². The zero-order valence-corrected chi connectivity index (χ0v) is 19.2. The van der Waals surface area contributed by atoms with Crippen molar-refractivity contribution in [3.05, 3.63) is 95.1 Å². The highest BCUT2D eigenvalue weighted by Gasteiger charge is 2.60.